The number of ketones is 1. The van der Waals surface area contributed by atoms with Crippen LogP contribution < -0.4 is 5.73 Å². The van der Waals surface area contributed by atoms with Gasteiger partial charge in [0.1, 0.15) is 5.78 Å². The Morgan fingerprint density at radius 1 is 1.25 bits per heavy atom. The fourth-order valence-corrected chi connectivity index (χ4v) is 1.99. The quantitative estimate of drug-likeness (QED) is 0.560. The second-order valence-corrected chi connectivity index (χ2v) is 6.54. The van der Waals surface area contributed by atoms with Gasteiger partial charge in [0.15, 0.2) is 0 Å². The van der Waals surface area contributed by atoms with E-state index in [9.17, 15) is 9.59 Å². The predicted molar refractivity (Wildman–Crippen MR) is 81.3 cm³/mol. The van der Waals surface area contributed by atoms with Crippen LogP contribution in [0.5, 0.6) is 0 Å². The van der Waals surface area contributed by atoms with E-state index < -0.39 is 0 Å². The van der Waals surface area contributed by atoms with Crippen molar-refractivity contribution in [2.45, 2.75) is 66.2 Å². The molecule has 0 fully saturated rings. The Balaban J connectivity index is 3.75. The van der Waals surface area contributed by atoms with Crippen LogP contribution >= 0.6 is 0 Å². The van der Waals surface area contributed by atoms with E-state index in [-0.39, 0.29) is 17.7 Å². The Hall–Kier alpha value is -0.900. The monoisotopic (exact) mass is 285 g/mol. The van der Waals surface area contributed by atoms with Crippen molar-refractivity contribution >= 4 is 11.7 Å². The summed E-state index contributed by atoms with van der Waals surface area (Å²) < 4.78 is 5.46. The minimum absolute atomic E-state index is 0.0360. The topological polar surface area (TPSA) is 69.4 Å². The zero-order valence-electron chi connectivity index (χ0n) is 13.5. The molecule has 0 saturated heterocycles. The first-order chi connectivity index (χ1) is 9.26. The molecule has 1 atom stereocenters. The van der Waals surface area contributed by atoms with E-state index >= 15 is 0 Å². The highest BCUT2D eigenvalue weighted by Crippen LogP contribution is 2.24. The van der Waals surface area contributed by atoms with Crippen molar-refractivity contribution in [3.63, 3.8) is 0 Å². The van der Waals surface area contributed by atoms with Crippen molar-refractivity contribution in [3.8, 4) is 0 Å². The number of Topliss-reactive ketones (excluding diaryl/α,β-unsaturated/α-hetero) is 1. The molecule has 0 radical (unpaired) electrons. The molecule has 0 aliphatic rings. The van der Waals surface area contributed by atoms with Crippen molar-refractivity contribution in [2.24, 2.45) is 17.1 Å². The molecule has 0 heterocycles. The summed E-state index contributed by atoms with van der Waals surface area (Å²) >= 11 is 0. The van der Waals surface area contributed by atoms with Crippen molar-refractivity contribution in [2.75, 3.05) is 13.2 Å². The summed E-state index contributed by atoms with van der Waals surface area (Å²) in [6.07, 6.45) is 4.55. The third-order valence-electron chi connectivity index (χ3n) is 3.57. The second-order valence-electron chi connectivity index (χ2n) is 6.54. The number of rotatable bonds is 12. The van der Waals surface area contributed by atoms with Crippen LogP contribution in [0.4, 0.5) is 0 Å². The van der Waals surface area contributed by atoms with E-state index in [2.05, 4.69) is 27.7 Å². The summed E-state index contributed by atoms with van der Waals surface area (Å²) in [5.74, 6) is 0.524. The number of carbonyl (C=O) groups is 2. The van der Waals surface area contributed by atoms with E-state index in [4.69, 9.17) is 10.5 Å². The maximum absolute atomic E-state index is 11.8. The lowest BCUT2D eigenvalue weighted by Gasteiger charge is -2.24. The van der Waals surface area contributed by atoms with Crippen molar-refractivity contribution in [3.05, 3.63) is 0 Å². The first-order valence-electron chi connectivity index (χ1n) is 7.64. The van der Waals surface area contributed by atoms with Crippen molar-refractivity contribution < 1.29 is 14.3 Å². The van der Waals surface area contributed by atoms with Gasteiger partial charge in [0.25, 0.3) is 0 Å². The van der Waals surface area contributed by atoms with Gasteiger partial charge in [-0.3, -0.25) is 9.59 Å². The standard InChI is InChI=1S/C16H31NO3/c1-5-13(2)11-14(18)7-6-9-16(3,4)12-20-10-8-15(17)19/h13H,5-12H2,1-4H3,(H2,17,19). The zero-order chi connectivity index (χ0) is 15.6. The van der Waals surface area contributed by atoms with Crippen LogP contribution in [0.1, 0.15) is 66.2 Å². The van der Waals surface area contributed by atoms with Gasteiger partial charge in [-0.1, -0.05) is 34.1 Å². The predicted octanol–water partition coefficient (Wildman–Crippen LogP) is 3.08. The highest BCUT2D eigenvalue weighted by Gasteiger charge is 2.18. The van der Waals surface area contributed by atoms with Crippen LogP contribution in [0, 0.1) is 11.3 Å². The number of carbonyl (C=O) groups excluding carboxylic acids is 2. The molecule has 0 aromatic heterocycles. The third kappa shape index (κ3) is 11.0. The first kappa shape index (κ1) is 19.1. The Labute approximate surface area is 123 Å². The molecule has 1 unspecified atom stereocenters. The minimum Gasteiger partial charge on any atom is -0.380 e. The van der Waals surface area contributed by atoms with Crippen LogP contribution in [0.3, 0.4) is 0 Å². The molecule has 0 rings (SSSR count). The Bertz CT molecular complexity index is 300. The molecule has 0 aliphatic carbocycles. The number of nitrogens with two attached hydrogens (primary N) is 1. The summed E-state index contributed by atoms with van der Waals surface area (Å²) in [5.41, 5.74) is 5.09. The summed E-state index contributed by atoms with van der Waals surface area (Å²) in [6.45, 7) is 9.46. The molecule has 20 heavy (non-hydrogen) atoms. The van der Waals surface area contributed by atoms with E-state index in [1.807, 2.05) is 0 Å². The van der Waals surface area contributed by atoms with Crippen molar-refractivity contribution in [1.82, 2.24) is 0 Å². The van der Waals surface area contributed by atoms with Gasteiger partial charge in [0, 0.05) is 19.3 Å². The lowest BCUT2D eigenvalue weighted by atomic mass is 9.87. The van der Waals surface area contributed by atoms with E-state index in [0.29, 0.717) is 37.8 Å². The number of amides is 1. The maximum Gasteiger partial charge on any atom is 0.219 e. The van der Waals surface area contributed by atoms with Gasteiger partial charge in [-0.15, -0.1) is 0 Å². The fourth-order valence-electron chi connectivity index (χ4n) is 1.99. The maximum atomic E-state index is 11.8. The van der Waals surface area contributed by atoms with Gasteiger partial charge in [-0.05, 0) is 24.2 Å². The summed E-state index contributed by atoms with van der Waals surface area (Å²) in [6, 6.07) is 0. The molecular weight excluding hydrogens is 254 g/mol. The molecule has 4 heteroatoms. The Morgan fingerprint density at radius 2 is 1.90 bits per heavy atom. The normalized spacial score (nSPS) is 13.2. The average Bonchev–Trinajstić information content (AvgIpc) is 2.34. The summed E-state index contributed by atoms with van der Waals surface area (Å²) in [5, 5.41) is 0. The second kappa shape index (κ2) is 9.92. The van der Waals surface area contributed by atoms with E-state index in [1.165, 1.54) is 0 Å². The van der Waals surface area contributed by atoms with Gasteiger partial charge < -0.3 is 10.5 Å². The van der Waals surface area contributed by atoms with Crippen LogP contribution in [-0.4, -0.2) is 24.9 Å². The first-order valence-corrected chi connectivity index (χ1v) is 7.64. The Kier molecular flexibility index (Phi) is 9.47. The lowest BCUT2D eigenvalue weighted by molar-refractivity contribution is -0.121. The van der Waals surface area contributed by atoms with Crippen LogP contribution in [0.25, 0.3) is 0 Å². The molecule has 0 aliphatic heterocycles. The molecule has 4 nitrogen and oxygen atoms in total. The van der Waals surface area contributed by atoms with Crippen LogP contribution in [0.2, 0.25) is 0 Å². The van der Waals surface area contributed by atoms with Gasteiger partial charge in [-0.2, -0.15) is 0 Å². The smallest absolute Gasteiger partial charge is 0.219 e. The van der Waals surface area contributed by atoms with Gasteiger partial charge in [0.05, 0.1) is 13.2 Å². The van der Waals surface area contributed by atoms with Crippen LogP contribution in [0.15, 0.2) is 0 Å². The SMILES string of the molecule is CCC(C)CC(=O)CCCC(C)(C)COCCC(N)=O. The van der Waals surface area contributed by atoms with E-state index in [1.54, 1.807) is 0 Å². The molecule has 0 saturated carbocycles. The summed E-state index contributed by atoms with van der Waals surface area (Å²) in [7, 11) is 0. The highest BCUT2D eigenvalue weighted by atomic mass is 16.5. The lowest BCUT2D eigenvalue weighted by Crippen LogP contribution is -2.22. The van der Waals surface area contributed by atoms with Gasteiger partial charge in [0.2, 0.25) is 5.91 Å². The highest BCUT2D eigenvalue weighted by molar-refractivity contribution is 5.78. The molecule has 0 aromatic rings. The molecule has 0 spiro atoms. The Morgan fingerprint density at radius 3 is 2.45 bits per heavy atom. The minimum atomic E-state index is -0.335. The fraction of sp³-hybridized carbons (Fsp3) is 0.875. The zero-order valence-corrected chi connectivity index (χ0v) is 13.5. The molecular formula is C16H31NO3. The molecule has 118 valence electrons. The van der Waals surface area contributed by atoms with Gasteiger partial charge in [-0.25, -0.2) is 0 Å². The number of hydrogen-bond acceptors (Lipinski definition) is 3. The number of primary amides is 1. The third-order valence-corrected chi connectivity index (χ3v) is 3.57. The molecule has 0 bridgehead atoms. The number of ether oxygens (including phenoxy) is 1. The molecule has 1 amide bonds. The molecule has 2 N–H and O–H groups in total. The summed E-state index contributed by atoms with van der Waals surface area (Å²) in [4.78, 5) is 22.3. The number of hydrogen-bond donors (Lipinski definition) is 1. The van der Waals surface area contributed by atoms with E-state index in [0.717, 1.165) is 19.3 Å². The molecule has 0 aromatic carbocycles. The largest absolute Gasteiger partial charge is 0.380 e. The van der Waals surface area contributed by atoms with Gasteiger partial charge >= 0.3 is 0 Å². The van der Waals surface area contributed by atoms with Crippen LogP contribution in [-0.2, 0) is 14.3 Å². The average molecular weight is 285 g/mol. The van der Waals surface area contributed by atoms with Crippen molar-refractivity contribution in [1.29, 1.82) is 0 Å².